The third kappa shape index (κ3) is 4.76. The number of amides is 2. The van der Waals surface area contributed by atoms with E-state index in [1.807, 2.05) is 24.3 Å². The Morgan fingerprint density at radius 1 is 0.882 bits per heavy atom. The zero-order valence-corrected chi connectivity index (χ0v) is 20.3. The molecule has 2 aliphatic heterocycles. The van der Waals surface area contributed by atoms with Crippen LogP contribution in [0.3, 0.4) is 0 Å². The van der Waals surface area contributed by atoms with Crippen LogP contribution >= 0.6 is 0 Å². The van der Waals surface area contributed by atoms with Crippen molar-refractivity contribution in [1.29, 1.82) is 0 Å². The largest absolute Gasteiger partial charge is 0.340 e. The molecule has 1 fully saturated rings. The molecule has 8 nitrogen and oxygen atoms in total. The predicted molar refractivity (Wildman–Crippen MR) is 127 cm³/mol. The smallest absolute Gasteiger partial charge is 0.243 e. The van der Waals surface area contributed by atoms with Gasteiger partial charge in [-0.05, 0) is 36.6 Å². The van der Waals surface area contributed by atoms with E-state index in [0.29, 0.717) is 12.1 Å². The lowest BCUT2D eigenvalue weighted by atomic mass is 9.90. The molecule has 0 aromatic heterocycles. The molecule has 1 atom stereocenters. The summed E-state index contributed by atoms with van der Waals surface area (Å²) in [6, 6.07) is 13.5. The maximum atomic E-state index is 13.2. The van der Waals surface area contributed by atoms with Gasteiger partial charge >= 0.3 is 0 Å². The number of rotatable bonds is 5. The van der Waals surface area contributed by atoms with Crippen LogP contribution in [0.5, 0.6) is 0 Å². The second kappa shape index (κ2) is 9.68. The van der Waals surface area contributed by atoms with E-state index in [-0.39, 0.29) is 61.1 Å². The van der Waals surface area contributed by atoms with Crippen molar-refractivity contribution in [3.63, 3.8) is 0 Å². The van der Waals surface area contributed by atoms with Gasteiger partial charge in [0.1, 0.15) is 0 Å². The standard InChI is InChI=1S/C25H29N3O5S/c1-18(29)20-7-9-22(10-8-20)34(32,33)27-15-13-26(14-16-27)25(31)17-24-23-6-4-3-5-21(23)11-12-28(24)19(2)30/h3-10,24H,11-17H2,1-2H3. The number of nitrogens with zero attached hydrogens (tertiary/aromatic N) is 3. The zero-order chi connectivity index (χ0) is 24.5. The number of fused-ring (bicyclic) bond motifs is 1. The molecule has 2 heterocycles. The number of carbonyl (C=O) groups is 3. The van der Waals surface area contributed by atoms with Gasteiger partial charge in [-0.1, -0.05) is 36.4 Å². The molecule has 0 spiro atoms. The van der Waals surface area contributed by atoms with Gasteiger partial charge in [0, 0.05) is 45.2 Å². The quantitative estimate of drug-likeness (QED) is 0.608. The predicted octanol–water partition coefficient (Wildman–Crippen LogP) is 2.26. The van der Waals surface area contributed by atoms with Gasteiger partial charge < -0.3 is 9.80 Å². The number of piperazine rings is 1. The average molecular weight is 484 g/mol. The molecule has 0 N–H and O–H groups in total. The molecule has 2 amide bonds. The molecule has 0 bridgehead atoms. The maximum Gasteiger partial charge on any atom is 0.243 e. The van der Waals surface area contributed by atoms with E-state index in [0.717, 1.165) is 17.5 Å². The van der Waals surface area contributed by atoms with Crippen LogP contribution in [0.15, 0.2) is 53.4 Å². The molecule has 2 aromatic carbocycles. The molecule has 0 radical (unpaired) electrons. The summed E-state index contributed by atoms with van der Waals surface area (Å²) in [7, 11) is -3.71. The summed E-state index contributed by atoms with van der Waals surface area (Å²) in [6.45, 7) is 4.51. The summed E-state index contributed by atoms with van der Waals surface area (Å²) in [4.78, 5) is 40.4. The minimum Gasteiger partial charge on any atom is -0.340 e. The molecule has 9 heteroatoms. The Morgan fingerprint density at radius 3 is 2.15 bits per heavy atom. The van der Waals surface area contributed by atoms with Crippen LogP contribution in [-0.2, 0) is 26.0 Å². The Morgan fingerprint density at radius 2 is 1.53 bits per heavy atom. The molecular weight excluding hydrogens is 454 g/mol. The van der Waals surface area contributed by atoms with Crippen molar-refractivity contribution in [3.8, 4) is 0 Å². The summed E-state index contributed by atoms with van der Waals surface area (Å²) in [5, 5.41) is 0. The van der Waals surface area contributed by atoms with Crippen LogP contribution < -0.4 is 0 Å². The Hall–Kier alpha value is -3.04. The van der Waals surface area contributed by atoms with Gasteiger partial charge in [0.15, 0.2) is 5.78 Å². The van der Waals surface area contributed by atoms with Crippen molar-refractivity contribution < 1.29 is 22.8 Å². The molecule has 2 aliphatic rings. The Bertz CT molecular complexity index is 1200. The monoisotopic (exact) mass is 483 g/mol. The van der Waals surface area contributed by atoms with Crippen molar-refractivity contribution >= 4 is 27.6 Å². The van der Waals surface area contributed by atoms with Crippen LogP contribution in [0.1, 0.15) is 47.8 Å². The number of carbonyl (C=O) groups excluding carboxylic acids is 3. The summed E-state index contributed by atoms with van der Waals surface area (Å²) >= 11 is 0. The topological polar surface area (TPSA) is 95.1 Å². The number of Topliss-reactive ketones (excluding diaryl/α,β-unsaturated/α-hetero) is 1. The molecule has 2 aromatic rings. The minimum atomic E-state index is -3.71. The average Bonchev–Trinajstić information content (AvgIpc) is 2.84. The van der Waals surface area contributed by atoms with E-state index in [4.69, 9.17) is 0 Å². The van der Waals surface area contributed by atoms with Crippen LogP contribution in [0.2, 0.25) is 0 Å². The van der Waals surface area contributed by atoms with Crippen molar-refractivity contribution in [1.82, 2.24) is 14.1 Å². The highest BCUT2D eigenvalue weighted by Crippen LogP contribution is 2.33. The molecule has 34 heavy (non-hydrogen) atoms. The zero-order valence-electron chi connectivity index (χ0n) is 19.4. The second-order valence-electron chi connectivity index (χ2n) is 8.75. The molecule has 1 saturated heterocycles. The van der Waals surface area contributed by atoms with Crippen molar-refractivity contribution in [2.24, 2.45) is 0 Å². The number of hydrogen-bond donors (Lipinski definition) is 0. The molecular formula is C25H29N3O5S. The minimum absolute atomic E-state index is 0.0565. The number of hydrogen-bond acceptors (Lipinski definition) is 5. The summed E-state index contributed by atoms with van der Waals surface area (Å²) in [5.41, 5.74) is 2.62. The van der Waals surface area contributed by atoms with E-state index >= 15 is 0 Å². The first kappa shape index (κ1) is 24.1. The first-order valence-corrected chi connectivity index (χ1v) is 12.9. The number of benzene rings is 2. The van der Waals surface area contributed by atoms with E-state index < -0.39 is 10.0 Å². The fourth-order valence-corrected chi connectivity index (χ4v) is 6.15. The highest BCUT2D eigenvalue weighted by atomic mass is 32.2. The molecule has 0 saturated carbocycles. The maximum absolute atomic E-state index is 13.2. The van der Waals surface area contributed by atoms with Crippen LogP contribution in [0.25, 0.3) is 0 Å². The van der Waals surface area contributed by atoms with Crippen molar-refractivity contribution in [2.45, 2.75) is 37.6 Å². The van der Waals surface area contributed by atoms with E-state index in [9.17, 15) is 22.8 Å². The highest BCUT2D eigenvalue weighted by molar-refractivity contribution is 7.89. The molecule has 1 unspecified atom stereocenters. The summed E-state index contributed by atoms with van der Waals surface area (Å²) < 4.78 is 27.4. The lowest BCUT2D eigenvalue weighted by Gasteiger charge is -2.39. The van der Waals surface area contributed by atoms with Gasteiger partial charge in [0.25, 0.3) is 0 Å². The van der Waals surface area contributed by atoms with Gasteiger partial charge in [-0.2, -0.15) is 4.31 Å². The summed E-state index contributed by atoms with van der Waals surface area (Å²) in [5.74, 6) is -0.269. The van der Waals surface area contributed by atoms with Crippen LogP contribution in [0.4, 0.5) is 0 Å². The van der Waals surface area contributed by atoms with Crippen LogP contribution in [-0.4, -0.2) is 72.8 Å². The van der Waals surface area contributed by atoms with Crippen molar-refractivity contribution in [3.05, 3.63) is 65.2 Å². The molecule has 0 aliphatic carbocycles. The van der Waals surface area contributed by atoms with Gasteiger partial charge in [0.05, 0.1) is 17.4 Å². The number of ketones is 1. The fourth-order valence-electron chi connectivity index (χ4n) is 4.73. The van der Waals surface area contributed by atoms with Crippen LogP contribution in [0, 0.1) is 0 Å². The van der Waals surface area contributed by atoms with E-state index in [2.05, 4.69) is 0 Å². The fraction of sp³-hybridized carbons (Fsp3) is 0.400. The van der Waals surface area contributed by atoms with Crippen molar-refractivity contribution in [2.75, 3.05) is 32.7 Å². The lowest BCUT2D eigenvalue weighted by molar-refractivity contribution is -0.137. The Kier molecular flexibility index (Phi) is 6.86. The Balaban J connectivity index is 1.42. The first-order chi connectivity index (χ1) is 16.2. The van der Waals surface area contributed by atoms with E-state index in [1.165, 1.54) is 42.4 Å². The van der Waals surface area contributed by atoms with Gasteiger partial charge in [-0.25, -0.2) is 8.42 Å². The van der Waals surface area contributed by atoms with Gasteiger partial charge in [0.2, 0.25) is 21.8 Å². The summed E-state index contributed by atoms with van der Waals surface area (Å²) in [6.07, 6.45) is 0.945. The highest BCUT2D eigenvalue weighted by Gasteiger charge is 2.34. The second-order valence-corrected chi connectivity index (χ2v) is 10.7. The third-order valence-corrected chi connectivity index (χ3v) is 8.59. The normalized spacial score (nSPS) is 18.9. The van der Waals surface area contributed by atoms with E-state index in [1.54, 1.807) is 9.80 Å². The first-order valence-electron chi connectivity index (χ1n) is 11.4. The third-order valence-electron chi connectivity index (χ3n) is 6.67. The SMILES string of the molecule is CC(=O)c1ccc(S(=O)(=O)N2CCN(C(=O)CC3c4ccccc4CCN3C(C)=O)CC2)cc1. The lowest BCUT2D eigenvalue weighted by Crippen LogP contribution is -2.51. The Labute approximate surface area is 200 Å². The number of sulfonamides is 1. The molecule has 4 rings (SSSR count). The molecule has 180 valence electrons. The van der Waals surface area contributed by atoms with Gasteiger partial charge in [-0.15, -0.1) is 0 Å². The van der Waals surface area contributed by atoms with Gasteiger partial charge in [-0.3, -0.25) is 14.4 Å².